The van der Waals surface area contributed by atoms with Crippen LogP contribution in [0.5, 0.6) is 0 Å². The summed E-state index contributed by atoms with van der Waals surface area (Å²) in [6.45, 7) is 5.64. The minimum Gasteiger partial charge on any atom is -0.329 e. The molecular weight excluding hydrogens is 222 g/mol. The summed E-state index contributed by atoms with van der Waals surface area (Å²) in [6, 6.07) is 0.755. The van der Waals surface area contributed by atoms with Crippen LogP contribution in [-0.2, 0) is 0 Å². The fourth-order valence-electron chi connectivity index (χ4n) is 3.96. The molecule has 1 saturated carbocycles. The normalized spacial score (nSPS) is 33.8. The van der Waals surface area contributed by atoms with E-state index in [1.807, 2.05) is 0 Å². The van der Waals surface area contributed by atoms with Crippen LogP contribution >= 0.6 is 0 Å². The van der Waals surface area contributed by atoms with E-state index in [-0.39, 0.29) is 5.54 Å². The minimum atomic E-state index is 0.267. The third-order valence-electron chi connectivity index (χ3n) is 5.61. The van der Waals surface area contributed by atoms with E-state index in [1.165, 1.54) is 51.6 Å². The molecule has 106 valence electrons. The van der Waals surface area contributed by atoms with Gasteiger partial charge >= 0.3 is 0 Å². The van der Waals surface area contributed by atoms with Crippen LogP contribution in [-0.4, -0.2) is 55.1 Å². The number of rotatable bonds is 3. The predicted molar refractivity (Wildman–Crippen MR) is 77.7 cm³/mol. The molecule has 1 heterocycles. The van der Waals surface area contributed by atoms with Gasteiger partial charge in [-0.2, -0.15) is 0 Å². The van der Waals surface area contributed by atoms with Crippen molar-refractivity contribution in [2.75, 3.05) is 33.7 Å². The van der Waals surface area contributed by atoms with Gasteiger partial charge in [0.2, 0.25) is 0 Å². The summed E-state index contributed by atoms with van der Waals surface area (Å²) in [5.74, 6) is 0.840. The highest BCUT2D eigenvalue weighted by Gasteiger charge is 2.40. The van der Waals surface area contributed by atoms with E-state index in [9.17, 15) is 0 Å². The van der Waals surface area contributed by atoms with Crippen LogP contribution in [0, 0.1) is 5.92 Å². The van der Waals surface area contributed by atoms with E-state index in [0.29, 0.717) is 0 Å². The zero-order valence-corrected chi connectivity index (χ0v) is 12.5. The van der Waals surface area contributed by atoms with Gasteiger partial charge in [0.1, 0.15) is 0 Å². The summed E-state index contributed by atoms with van der Waals surface area (Å²) in [4.78, 5) is 5.11. The number of nitrogens with two attached hydrogens (primary N) is 1. The lowest BCUT2D eigenvalue weighted by molar-refractivity contribution is -0.00645. The van der Waals surface area contributed by atoms with Crippen molar-refractivity contribution >= 4 is 0 Å². The van der Waals surface area contributed by atoms with Crippen molar-refractivity contribution in [1.29, 1.82) is 0 Å². The van der Waals surface area contributed by atoms with E-state index in [2.05, 4.69) is 30.8 Å². The third-order valence-corrected chi connectivity index (χ3v) is 5.61. The maximum atomic E-state index is 6.18. The molecule has 0 aromatic carbocycles. The summed E-state index contributed by atoms with van der Waals surface area (Å²) < 4.78 is 0. The lowest BCUT2D eigenvalue weighted by Gasteiger charge is -2.51. The van der Waals surface area contributed by atoms with Gasteiger partial charge in [0.05, 0.1) is 0 Å². The molecule has 2 N–H and O–H groups in total. The molecule has 2 unspecified atom stereocenters. The highest BCUT2D eigenvalue weighted by molar-refractivity contribution is 4.98. The fraction of sp³-hybridized carbons (Fsp3) is 1.00. The highest BCUT2D eigenvalue weighted by Crippen LogP contribution is 2.35. The SMILES string of the molecule is CC1CCCCC1N(C)C1(CN)CCN(C)CC1. The van der Waals surface area contributed by atoms with Gasteiger partial charge in [-0.25, -0.2) is 0 Å². The lowest BCUT2D eigenvalue weighted by atomic mass is 9.79. The molecule has 1 saturated heterocycles. The molecular formula is C15H31N3. The van der Waals surface area contributed by atoms with Crippen molar-refractivity contribution in [1.82, 2.24) is 9.80 Å². The molecule has 0 aromatic heterocycles. The Bertz CT molecular complexity index is 258. The van der Waals surface area contributed by atoms with Crippen molar-refractivity contribution in [3.8, 4) is 0 Å². The topological polar surface area (TPSA) is 32.5 Å². The number of hydrogen-bond acceptors (Lipinski definition) is 3. The Labute approximate surface area is 113 Å². The average molecular weight is 253 g/mol. The van der Waals surface area contributed by atoms with Crippen molar-refractivity contribution in [2.45, 2.75) is 57.0 Å². The highest BCUT2D eigenvalue weighted by atomic mass is 15.2. The van der Waals surface area contributed by atoms with Gasteiger partial charge in [-0.1, -0.05) is 19.8 Å². The Morgan fingerprint density at radius 1 is 1.22 bits per heavy atom. The molecule has 2 fully saturated rings. The van der Waals surface area contributed by atoms with E-state index in [4.69, 9.17) is 5.73 Å². The van der Waals surface area contributed by atoms with Gasteiger partial charge in [0.25, 0.3) is 0 Å². The molecule has 2 atom stereocenters. The first-order chi connectivity index (χ1) is 8.59. The van der Waals surface area contributed by atoms with Crippen LogP contribution in [0.3, 0.4) is 0 Å². The molecule has 0 amide bonds. The van der Waals surface area contributed by atoms with Gasteiger partial charge in [-0.15, -0.1) is 0 Å². The molecule has 3 heteroatoms. The first-order valence-corrected chi connectivity index (χ1v) is 7.70. The van der Waals surface area contributed by atoms with Gasteiger partial charge in [0.15, 0.2) is 0 Å². The smallest absolute Gasteiger partial charge is 0.0356 e. The van der Waals surface area contributed by atoms with E-state index in [0.717, 1.165) is 18.5 Å². The number of nitrogens with zero attached hydrogens (tertiary/aromatic N) is 2. The number of likely N-dealkylation sites (N-methyl/N-ethyl adjacent to an activating group) is 1. The van der Waals surface area contributed by atoms with E-state index >= 15 is 0 Å². The third kappa shape index (κ3) is 2.73. The van der Waals surface area contributed by atoms with E-state index in [1.54, 1.807) is 0 Å². The van der Waals surface area contributed by atoms with Crippen LogP contribution < -0.4 is 5.73 Å². The maximum absolute atomic E-state index is 6.18. The Balaban J connectivity index is 2.06. The Morgan fingerprint density at radius 3 is 2.39 bits per heavy atom. The fourth-order valence-corrected chi connectivity index (χ4v) is 3.96. The molecule has 1 aliphatic carbocycles. The molecule has 0 aromatic rings. The summed E-state index contributed by atoms with van der Waals surface area (Å²) in [5, 5.41) is 0. The maximum Gasteiger partial charge on any atom is 0.0356 e. The first-order valence-electron chi connectivity index (χ1n) is 7.70. The average Bonchev–Trinajstić information content (AvgIpc) is 2.40. The molecule has 0 radical (unpaired) electrons. The summed E-state index contributed by atoms with van der Waals surface area (Å²) in [7, 11) is 4.56. The number of likely N-dealkylation sites (tertiary alicyclic amines) is 1. The van der Waals surface area contributed by atoms with Gasteiger partial charge in [-0.3, -0.25) is 4.90 Å². The molecule has 0 spiro atoms. The van der Waals surface area contributed by atoms with E-state index < -0.39 is 0 Å². The second-order valence-electron chi connectivity index (χ2n) is 6.67. The largest absolute Gasteiger partial charge is 0.329 e. The molecule has 2 rings (SSSR count). The zero-order chi connectivity index (χ0) is 13.2. The van der Waals surface area contributed by atoms with Crippen LogP contribution in [0.4, 0.5) is 0 Å². The second kappa shape index (κ2) is 5.89. The molecule has 3 nitrogen and oxygen atoms in total. The Kier molecular flexibility index (Phi) is 4.68. The standard InChI is InChI=1S/C15H31N3/c1-13-6-4-5-7-14(13)18(3)15(12-16)8-10-17(2)11-9-15/h13-14H,4-12,16H2,1-3H3. The van der Waals surface area contributed by atoms with Crippen LogP contribution in [0.15, 0.2) is 0 Å². The molecule has 2 aliphatic rings. The van der Waals surface area contributed by atoms with Gasteiger partial charge in [0, 0.05) is 18.1 Å². The van der Waals surface area contributed by atoms with Crippen molar-refractivity contribution in [3.63, 3.8) is 0 Å². The summed E-state index contributed by atoms with van der Waals surface area (Å²) >= 11 is 0. The minimum absolute atomic E-state index is 0.267. The van der Waals surface area contributed by atoms with Gasteiger partial charge < -0.3 is 10.6 Å². The predicted octanol–water partition coefficient (Wildman–Crippen LogP) is 1.92. The first kappa shape index (κ1) is 14.3. The lowest BCUT2D eigenvalue weighted by Crippen LogP contribution is -2.61. The molecule has 18 heavy (non-hydrogen) atoms. The van der Waals surface area contributed by atoms with Crippen molar-refractivity contribution in [3.05, 3.63) is 0 Å². The quantitative estimate of drug-likeness (QED) is 0.834. The summed E-state index contributed by atoms with van der Waals surface area (Å²) in [5.41, 5.74) is 6.44. The Morgan fingerprint density at radius 2 is 1.83 bits per heavy atom. The summed E-state index contributed by atoms with van der Waals surface area (Å²) in [6.07, 6.45) is 8.06. The van der Waals surface area contributed by atoms with Gasteiger partial charge in [-0.05, 0) is 58.8 Å². The van der Waals surface area contributed by atoms with Crippen molar-refractivity contribution < 1.29 is 0 Å². The second-order valence-corrected chi connectivity index (χ2v) is 6.67. The monoisotopic (exact) mass is 253 g/mol. The molecule has 1 aliphatic heterocycles. The Hall–Kier alpha value is -0.120. The number of hydrogen-bond donors (Lipinski definition) is 1. The zero-order valence-electron chi connectivity index (χ0n) is 12.5. The van der Waals surface area contributed by atoms with Crippen molar-refractivity contribution in [2.24, 2.45) is 11.7 Å². The van der Waals surface area contributed by atoms with Crippen LogP contribution in [0.2, 0.25) is 0 Å². The molecule has 0 bridgehead atoms. The number of piperidine rings is 1. The van der Waals surface area contributed by atoms with Crippen LogP contribution in [0.1, 0.15) is 45.4 Å². The van der Waals surface area contributed by atoms with Crippen LogP contribution in [0.25, 0.3) is 0 Å².